The van der Waals surface area contributed by atoms with Gasteiger partial charge in [-0.3, -0.25) is 0 Å². The van der Waals surface area contributed by atoms with Crippen LogP contribution in [0.2, 0.25) is 0 Å². The summed E-state index contributed by atoms with van der Waals surface area (Å²) in [4.78, 5) is 9.63. The Morgan fingerprint density at radius 3 is 2.46 bits per heavy atom. The average Bonchev–Trinajstić information content (AvgIpc) is 2.05. The van der Waals surface area contributed by atoms with Crippen molar-refractivity contribution >= 4 is 28.9 Å². The quantitative estimate of drug-likeness (QED) is 0.520. The lowest BCUT2D eigenvalue weighted by Crippen LogP contribution is -1.90. The van der Waals surface area contributed by atoms with E-state index in [0.717, 1.165) is 31.4 Å². The summed E-state index contributed by atoms with van der Waals surface area (Å²) in [5.41, 5.74) is -2.50. The Labute approximate surface area is 90.4 Å². The van der Waals surface area contributed by atoms with Crippen molar-refractivity contribution in [2.75, 3.05) is 12.4 Å². The predicted molar refractivity (Wildman–Crippen MR) is 64.7 cm³/mol. The summed E-state index contributed by atoms with van der Waals surface area (Å²) in [7, 11) is 0. The lowest BCUT2D eigenvalue weighted by Gasteiger charge is -2.14. The molecule has 0 aromatic carbocycles. The lowest BCUT2D eigenvalue weighted by molar-refractivity contribution is 0.312. The summed E-state index contributed by atoms with van der Waals surface area (Å²) >= 11 is 6.39. The molecule has 0 aromatic heterocycles. The molecule has 0 aliphatic carbocycles. The summed E-state index contributed by atoms with van der Waals surface area (Å²) in [6, 6.07) is 0. The van der Waals surface area contributed by atoms with E-state index >= 15 is 0 Å². The third kappa shape index (κ3) is 9.23. The molecule has 0 heterocycles. The highest BCUT2D eigenvalue weighted by Crippen LogP contribution is 2.56. The van der Waals surface area contributed by atoms with Crippen LogP contribution in [-0.4, -0.2) is 17.3 Å². The zero-order valence-electron chi connectivity index (χ0n) is 8.36. The second-order valence-electron chi connectivity index (χ2n) is 2.84. The molecule has 0 spiro atoms. The van der Waals surface area contributed by atoms with Crippen LogP contribution < -0.4 is 0 Å². The zero-order chi connectivity index (χ0) is 10.2. The monoisotopic (exact) mass is 242 g/mol. The van der Waals surface area contributed by atoms with Gasteiger partial charge in [-0.15, -0.1) is 0 Å². The van der Waals surface area contributed by atoms with Crippen LogP contribution >= 0.6 is 17.1 Å². The third-order valence-corrected chi connectivity index (χ3v) is 5.92. The fraction of sp³-hybridized carbons (Fsp3) is 1.00. The summed E-state index contributed by atoms with van der Waals surface area (Å²) < 4.78 is 5.26. The van der Waals surface area contributed by atoms with Crippen LogP contribution in [0.1, 0.15) is 39.5 Å². The van der Waals surface area contributed by atoms with E-state index in [-0.39, 0.29) is 0 Å². The summed E-state index contributed by atoms with van der Waals surface area (Å²) in [6.45, 7) is 4.82. The first-order valence-electron chi connectivity index (χ1n) is 4.74. The van der Waals surface area contributed by atoms with E-state index in [1.165, 1.54) is 11.4 Å². The van der Waals surface area contributed by atoms with Crippen LogP contribution in [0, 0.1) is 0 Å². The van der Waals surface area contributed by atoms with Crippen LogP contribution in [-0.2, 0) is 16.3 Å². The number of unbranched alkanes of at least 4 members (excludes halogenated alkanes) is 2. The van der Waals surface area contributed by atoms with Crippen molar-refractivity contribution < 1.29 is 9.42 Å². The van der Waals surface area contributed by atoms with Crippen LogP contribution in [0.3, 0.4) is 0 Å². The Hall–Kier alpha value is 0.920. The van der Waals surface area contributed by atoms with Gasteiger partial charge in [-0.1, -0.05) is 38.1 Å². The van der Waals surface area contributed by atoms with E-state index in [1.807, 2.05) is 0 Å². The highest BCUT2D eigenvalue weighted by molar-refractivity contribution is 8.67. The highest BCUT2D eigenvalue weighted by Gasteiger charge is 2.12. The van der Waals surface area contributed by atoms with Gasteiger partial charge in [-0.05, 0) is 24.6 Å². The van der Waals surface area contributed by atoms with E-state index in [1.54, 1.807) is 0 Å². The molecule has 0 aliphatic rings. The maximum absolute atomic E-state index is 9.63. The molecular weight excluding hydrogens is 223 g/mol. The topological polar surface area (TPSA) is 29.5 Å². The van der Waals surface area contributed by atoms with E-state index in [2.05, 4.69) is 13.8 Å². The Kier molecular flexibility index (Phi) is 8.83. The zero-order valence-corrected chi connectivity index (χ0v) is 10.9. The van der Waals surface area contributed by atoms with Gasteiger partial charge >= 0.3 is 0 Å². The van der Waals surface area contributed by atoms with Crippen molar-refractivity contribution in [1.82, 2.24) is 0 Å². The molecular formula is C8H19O2PS2. The van der Waals surface area contributed by atoms with E-state index in [4.69, 9.17) is 16.3 Å². The SMILES string of the molecule is CCCCOP(O)(=S)SCCCC. The maximum atomic E-state index is 9.63. The van der Waals surface area contributed by atoms with Crippen LogP contribution in [0.5, 0.6) is 0 Å². The first-order valence-corrected chi connectivity index (χ1v) is 9.00. The van der Waals surface area contributed by atoms with Crippen molar-refractivity contribution in [1.29, 1.82) is 0 Å². The second-order valence-corrected chi connectivity index (χ2v) is 9.14. The first-order chi connectivity index (χ1) is 6.12. The van der Waals surface area contributed by atoms with E-state index < -0.39 is 5.69 Å². The molecule has 1 unspecified atom stereocenters. The lowest BCUT2D eigenvalue weighted by atomic mass is 10.4. The van der Waals surface area contributed by atoms with Crippen molar-refractivity contribution in [2.24, 2.45) is 0 Å². The van der Waals surface area contributed by atoms with Crippen LogP contribution in [0.15, 0.2) is 0 Å². The molecule has 0 fully saturated rings. The Morgan fingerprint density at radius 1 is 1.31 bits per heavy atom. The molecule has 2 nitrogen and oxygen atoms in total. The van der Waals surface area contributed by atoms with E-state index in [9.17, 15) is 4.89 Å². The van der Waals surface area contributed by atoms with E-state index in [0.29, 0.717) is 6.61 Å². The molecule has 0 aliphatic heterocycles. The molecule has 5 heteroatoms. The third-order valence-electron chi connectivity index (χ3n) is 1.50. The van der Waals surface area contributed by atoms with Crippen LogP contribution in [0.4, 0.5) is 0 Å². The van der Waals surface area contributed by atoms with Gasteiger partial charge in [0.2, 0.25) is 5.69 Å². The first kappa shape index (κ1) is 13.9. The van der Waals surface area contributed by atoms with Crippen LogP contribution in [0.25, 0.3) is 0 Å². The van der Waals surface area contributed by atoms with Gasteiger partial charge in [-0.2, -0.15) is 0 Å². The second kappa shape index (κ2) is 8.25. The minimum Gasteiger partial charge on any atom is -0.337 e. The summed E-state index contributed by atoms with van der Waals surface area (Å²) in [5, 5.41) is 0. The largest absolute Gasteiger partial charge is 0.337 e. The fourth-order valence-corrected chi connectivity index (χ4v) is 4.19. The van der Waals surface area contributed by atoms with Gasteiger partial charge in [0.1, 0.15) is 0 Å². The molecule has 0 aromatic rings. The molecule has 0 rings (SSSR count). The molecule has 1 atom stereocenters. The summed E-state index contributed by atoms with van der Waals surface area (Å²) in [5.74, 6) is 0.913. The molecule has 0 saturated heterocycles. The predicted octanol–water partition coefficient (Wildman–Crippen LogP) is 3.55. The van der Waals surface area contributed by atoms with Crippen molar-refractivity contribution in [3.05, 3.63) is 0 Å². The highest BCUT2D eigenvalue weighted by atomic mass is 32.9. The van der Waals surface area contributed by atoms with Gasteiger partial charge in [0.25, 0.3) is 0 Å². The summed E-state index contributed by atoms with van der Waals surface area (Å²) in [6.07, 6.45) is 4.29. The van der Waals surface area contributed by atoms with Crippen molar-refractivity contribution in [3.63, 3.8) is 0 Å². The minimum absolute atomic E-state index is 0.601. The fourth-order valence-electron chi connectivity index (χ4n) is 0.686. The molecule has 0 saturated carbocycles. The molecule has 1 N–H and O–H groups in total. The molecule has 0 radical (unpaired) electrons. The molecule has 13 heavy (non-hydrogen) atoms. The Balaban J connectivity index is 3.49. The Morgan fingerprint density at radius 2 is 1.92 bits per heavy atom. The van der Waals surface area contributed by atoms with Crippen molar-refractivity contribution in [3.8, 4) is 0 Å². The van der Waals surface area contributed by atoms with Gasteiger partial charge in [0.05, 0.1) is 6.61 Å². The van der Waals surface area contributed by atoms with Gasteiger partial charge in [-0.25, -0.2) is 0 Å². The average molecular weight is 242 g/mol. The van der Waals surface area contributed by atoms with Gasteiger partial charge in [0.15, 0.2) is 0 Å². The maximum Gasteiger partial charge on any atom is 0.244 e. The Bertz CT molecular complexity index is 150. The normalized spacial score (nSPS) is 15.6. The number of rotatable bonds is 8. The minimum atomic E-state index is -2.50. The molecule has 80 valence electrons. The van der Waals surface area contributed by atoms with Crippen molar-refractivity contribution in [2.45, 2.75) is 39.5 Å². The standard InChI is InChI=1S/C8H19O2PS2/c1-3-5-7-10-11(9,12)13-8-6-4-2/h3-8H2,1-2H3,(H,9,12). The molecule has 0 bridgehead atoms. The number of hydrogen-bond donors (Lipinski definition) is 1. The van der Waals surface area contributed by atoms with Gasteiger partial charge in [0, 0.05) is 5.75 Å². The smallest absolute Gasteiger partial charge is 0.244 e. The number of hydrogen-bond acceptors (Lipinski definition) is 3. The van der Waals surface area contributed by atoms with Gasteiger partial charge < -0.3 is 9.42 Å². The molecule has 0 amide bonds.